The van der Waals surface area contributed by atoms with Crippen LogP contribution in [0, 0.1) is 0 Å². The van der Waals surface area contributed by atoms with Gasteiger partial charge in [0.15, 0.2) is 0 Å². The minimum Gasteiger partial charge on any atom is -0.152 e. The van der Waals surface area contributed by atoms with Gasteiger partial charge in [-0.15, -0.1) is 11.3 Å². The number of rotatable bonds is 1. The van der Waals surface area contributed by atoms with Gasteiger partial charge in [0.25, 0.3) is 0 Å². The highest BCUT2D eigenvalue weighted by atomic mass is 79.9. The monoisotopic (exact) mass is 244 g/mol. The first-order valence-corrected chi connectivity index (χ1v) is 5.75. The number of hydrogen-bond donors (Lipinski definition) is 0. The molecule has 2 rings (SSSR count). The zero-order valence-electron chi connectivity index (χ0n) is 5.58. The molecule has 11 heavy (non-hydrogen) atoms. The van der Waals surface area contributed by atoms with Gasteiger partial charge in [-0.2, -0.15) is 11.3 Å². The van der Waals surface area contributed by atoms with Crippen LogP contribution in [0.5, 0.6) is 0 Å². The van der Waals surface area contributed by atoms with Crippen LogP contribution in [0.15, 0.2) is 32.1 Å². The van der Waals surface area contributed by atoms with Crippen LogP contribution >= 0.6 is 38.6 Å². The summed E-state index contributed by atoms with van der Waals surface area (Å²) in [5.74, 6) is 0. The molecule has 0 bridgehead atoms. The fraction of sp³-hybridized carbons (Fsp3) is 0. The number of thiophene rings is 2. The SMILES string of the molecule is Brc1sccc1-c1ccsc1. The van der Waals surface area contributed by atoms with Crippen molar-refractivity contribution in [2.45, 2.75) is 0 Å². The Morgan fingerprint density at radius 1 is 1.18 bits per heavy atom. The van der Waals surface area contributed by atoms with E-state index in [1.165, 1.54) is 14.9 Å². The molecular weight excluding hydrogens is 240 g/mol. The summed E-state index contributed by atoms with van der Waals surface area (Å²) in [6.07, 6.45) is 0. The largest absolute Gasteiger partial charge is 0.152 e. The van der Waals surface area contributed by atoms with Gasteiger partial charge in [0.05, 0.1) is 3.79 Å². The van der Waals surface area contributed by atoms with Crippen molar-refractivity contribution in [1.82, 2.24) is 0 Å². The van der Waals surface area contributed by atoms with Gasteiger partial charge in [-0.3, -0.25) is 0 Å². The number of halogens is 1. The van der Waals surface area contributed by atoms with Gasteiger partial charge >= 0.3 is 0 Å². The van der Waals surface area contributed by atoms with Gasteiger partial charge < -0.3 is 0 Å². The van der Waals surface area contributed by atoms with E-state index in [1.54, 1.807) is 22.7 Å². The molecule has 3 heteroatoms. The Morgan fingerprint density at radius 3 is 2.64 bits per heavy atom. The molecule has 0 saturated heterocycles. The van der Waals surface area contributed by atoms with Crippen LogP contribution < -0.4 is 0 Å². The third-order valence-corrected chi connectivity index (χ3v) is 3.82. The van der Waals surface area contributed by atoms with E-state index in [1.807, 2.05) is 0 Å². The lowest BCUT2D eigenvalue weighted by molar-refractivity contribution is 1.81. The standard InChI is InChI=1S/C8H5BrS2/c9-8-7(2-4-11-8)6-1-3-10-5-6/h1-5H. The van der Waals surface area contributed by atoms with Crippen molar-refractivity contribution in [2.24, 2.45) is 0 Å². The van der Waals surface area contributed by atoms with Gasteiger partial charge in [0.1, 0.15) is 0 Å². The first-order valence-electron chi connectivity index (χ1n) is 3.13. The van der Waals surface area contributed by atoms with Crippen molar-refractivity contribution in [1.29, 1.82) is 0 Å². The third-order valence-electron chi connectivity index (χ3n) is 1.45. The summed E-state index contributed by atoms with van der Waals surface area (Å²) in [6.45, 7) is 0. The summed E-state index contributed by atoms with van der Waals surface area (Å²) < 4.78 is 1.22. The molecule has 0 atom stereocenters. The Morgan fingerprint density at radius 2 is 2.09 bits per heavy atom. The Labute approximate surface area is 81.6 Å². The Bertz CT molecular complexity index is 335. The molecular formula is C8H5BrS2. The Kier molecular flexibility index (Phi) is 2.11. The summed E-state index contributed by atoms with van der Waals surface area (Å²) in [5, 5.41) is 6.35. The summed E-state index contributed by atoms with van der Waals surface area (Å²) in [6, 6.07) is 4.27. The smallest absolute Gasteiger partial charge is 0.0776 e. The molecule has 56 valence electrons. The summed E-state index contributed by atoms with van der Waals surface area (Å²) in [7, 11) is 0. The van der Waals surface area contributed by atoms with Crippen molar-refractivity contribution in [3.8, 4) is 11.1 Å². The van der Waals surface area contributed by atoms with Gasteiger partial charge in [0, 0.05) is 5.56 Å². The molecule has 0 saturated carbocycles. The second kappa shape index (κ2) is 3.09. The summed E-state index contributed by atoms with van der Waals surface area (Å²) in [4.78, 5) is 0. The molecule has 0 radical (unpaired) electrons. The first kappa shape index (κ1) is 7.53. The maximum Gasteiger partial charge on any atom is 0.0776 e. The molecule has 0 aliphatic rings. The molecule has 0 spiro atoms. The first-order chi connectivity index (χ1) is 5.38. The molecule has 2 aromatic rings. The van der Waals surface area contributed by atoms with Crippen molar-refractivity contribution in [2.75, 3.05) is 0 Å². The molecule has 0 aromatic carbocycles. The molecule has 0 N–H and O–H groups in total. The lowest BCUT2D eigenvalue weighted by Gasteiger charge is -1.90. The van der Waals surface area contributed by atoms with E-state index in [-0.39, 0.29) is 0 Å². The van der Waals surface area contributed by atoms with E-state index < -0.39 is 0 Å². The van der Waals surface area contributed by atoms with Crippen LogP contribution in [-0.2, 0) is 0 Å². The van der Waals surface area contributed by atoms with E-state index >= 15 is 0 Å². The van der Waals surface area contributed by atoms with Gasteiger partial charge in [0.2, 0.25) is 0 Å². The van der Waals surface area contributed by atoms with Crippen molar-refractivity contribution in [3.63, 3.8) is 0 Å². The van der Waals surface area contributed by atoms with E-state index in [4.69, 9.17) is 0 Å². The minimum atomic E-state index is 1.22. The van der Waals surface area contributed by atoms with Gasteiger partial charge in [-0.1, -0.05) is 0 Å². The Balaban J connectivity index is 2.53. The van der Waals surface area contributed by atoms with Crippen molar-refractivity contribution < 1.29 is 0 Å². The predicted octanol–water partition coefficient (Wildman–Crippen LogP) is 4.24. The molecule has 2 aromatic heterocycles. The van der Waals surface area contributed by atoms with E-state index in [0.717, 1.165) is 0 Å². The van der Waals surface area contributed by atoms with Gasteiger partial charge in [-0.05, 0) is 49.8 Å². The summed E-state index contributed by atoms with van der Waals surface area (Å²) in [5.41, 5.74) is 2.61. The lowest BCUT2D eigenvalue weighted by atomic mass is 10.2. The van der Waals surface area contributed by atoms with E-state index in [2.05, 4.69) is 44.2 Å². The fourth-order valence-corrected chi connectivity index (χ4v) is 2.90. The highest BCUT2D eigenvalue weighted by molar-refractivity contribution is 9.11. The highest BCUT2D eigenvalue weighted by Gasteiger charge is 2.02. The summed E-state index contributed by atoms with van der Waals surface area (Å²) >= 11 is 6.97. The topological polar surface area (TPSA) is 0 Å². The molecule has 2 heterocycles. The van der Waals surface area contributed by atoms with Crippen LogP contribution in [0.1, 0.15) is 0 Å². The highest BCUT2D eigenvalue weighted by Crippen LogP contribution is 2.33. The van der Waals surface area contributed by atoms with Crippen LogP contribution in [0.25, 0.3) is 11.1 Å². The molecule has 0 aliphatic carbocycles. The lowest BCUT2D eigenvalue weighted by Crippen LogP contribution is -1.64. The van der Waals surface area contributed by atoms with Crippen LogP contribution in [0.2, 0.25) is 0 Å². The van der Waals surface area contributed by atoms with Crippen molar-refractivity contribution in [3.05, 3.63) is 32.1 Å². The zero-order valence-corrected chi connectivity index (χ0v) is 8.80. The quantitative estimate of drug-likeness (QED) is 0.704. The van der Waals surface area contributed by atoms with E-state index in [0.29, 0.717) is 0 Å². The molecule has 0 unspecified atom stereocenters. The van der Waals surface area contributed by atoms with Gasteiger partial charge in [-0.25, -0.2) is 0 Å². The number of hydrogen-bond acceptors (Lipinski definition) is 2. The molecule has 0 amide bonds. The van der Waals surface area contributed by atoms with Crippen LogP contribution in [0.3, 0.4) is 0 Å². The molecule has 0 fully saturated rings. The normalized spacial score (nSPS) is 10.3. The minimum absolute atomic E-state index is 1.22. The van der Waals surface area contributed by atoms with Crippen LogP contribution in [0.4, 0.5) is 0 Å². The fourth-order valence-electron chi connectivity index (χ4n) is 0.918. The average Bonchev–Trinajstić information content (AvgIpc) is 2.55. The van der Waals surface area contributed by atoms with Crippen LogP contribution in [-0.4, -0.2) is 0 Å². The molecule has 0 nitrogen and oxygen atoms in total. The third kappa shape index (κ3) is 1.41. The van der Waals surface area contributed by atoms with Crippen molar-refractivity contribution >= 4 is 38.6 Å². The maximum atomic E-state index is 3.51. The maximum absolute atomic E-state index is 3.51. The Hall–Kier alpha value is -0.120. The average molecular weight is 245 g/mol. The predicted molar refractivity (Wildman–Crippen MR) is 55.3 cm³/mol. The molecule has 0 aliphatic heterocycles. The van der Waals surface area contributed by atoms with E-state index in [9.17, 15) is 0 Å². The zero-order chi connectivity index (χ0) is 7.68. The second-order valence-corrected chi connectivity index (χ2v) is 5.13. The second-order valence-electron chi connectivity index (χ2n) is 2.12.